The first-order chi connectivity index (χ1) is 8.07. The molecule has 1 aromatic heterocycles. The molecule has 7 heteroatoms. The van der Waals surface area contributed by atoms with Crippen molar-refractivity contribution in [1.82, 2.24) is 10.2 Å². The monoisotopic (exact) mass is 258 g/mol. The molecule has 1 rings (SSSR count). The van der Waals surface area contributed by atoms with Gasteiger partial charge in [0.2, 0.25) is 10.0 Å². The van der Waals surface area contributed by atoms with E-state index < -0.39 is 10.0 Å². The van der Waals surface area contributed by atoms with Crippen LogP contribution in [0.15, 0.2) is 12.1 Å². The number of hydrogen-bond acceptors (Lipinski definition) is 5. The van der Waals surface area contributed by atoms with E-state index in [0.717, 1.165) is 19.4 Å². The van der Waals surface area contributed by atoms with Crippen molar-refractivity contribution in [3.63, 3.8) is 0 Å². The molecule has 0 aliphatic heterocycles. The van der Waals surface area contributed by atoms with Crippen LogP contribution in [-0.2, 0) is 10.0 Å². The number of rotatable bonds is 7. The quantitative estimate of drug-likeness (QED) is 0.723. The lowest BCUT2D eigenvalue weighted by Crippen LogP contribution is -2.16. The summed E-state index contributed by atoms with van der Waals surface area (Å²) in [6, 6.07) is 3.30. The van der Waals surface area contributed by atoms with Crippen molar-refractivity contribution < 1.29 is 8.42 Å². The number of unbranched alkanes of at least 4 members (excludes halogenated alkanes) is 1. The molecule has 1 aromatic rings. The second-order valence-electron chi connectivity index (χ2n) is 3.59. The van der Waals surface area contributed by atoms with Crippen molar-refractivity contribution in [2.75, 3.05) is 22.3 Å². The number of aromatic nitrogens is 2. The lowest BCUT2D eigenvalue weighted by molar-refractivity contribution is 0.602. The zero-order valence-corrected chi connectivity index (χ0v) is 10.9. The molecular weight excluding hydrogens is 240 g/mol. The molecule has 0 bridgehead atoms. The number of sulfonamides is 1. The van der Waals surface area contributed by atoms with Crippen LogP contribution in [0.1, 0.15) is 26.7 Å². The molecule has 6 nitrogen and oxygen atoms in total. The molecule has 0 atom stereocenters. The topological polar surface area (TPSA) is 84.0 Å². The second-order valence-corrected chi connectivity index (χ2v) is 5.60. The largest absolute Gasteiger partial charge is 0.369 e. The van der Waals surface area contributed by atoms with E-state index in [2.05, 4.69) is 27.2 Å². The van der Waals surface area contributed by atoms with Crippen molar-refractivity contribution in [3.8, 4) is 0 Å². The maximum atomic E-state index is 11.3. The molecule has 1 heterocycles. The number of hydrogen-bond donors (Lipinski definition) is 2. The van der Waals surface area contributed by atoms with Crippen molar-refractivity contribution >= 4 is 21.7 Å². The molecule has 0 amide bonds. The van der Waals surface area contributed by atoms with Crippen LogP contribution in [-0.4, -0.2) is 30.9 Å². The second kappa shape index (κ2) is 6.39. The van der Waals surface area contributed by atoms with E-state index in [0.29, 0.717) is 5.82 Å². The van der Waals surface area contributed by atoms with Gasteiger partial charge < -0.3 is 5.32 Å². The maximum Gasteiger partial charge on any atom is 0.233 e. The summed E-state index contributed by atoms with van der Waals surface area (Å²) in [5, 5.41) is 10.8. The van der Waals surface area contributed by atoms with Gasteiger partial charge in [0, 0.05) is 6.54 Å². The van der Waals surface area contributed by atoms with Gasteiger partial charge in [0.25, 0.3) is 0 Å². The Morgan fingerprint density at radius 1 is 1.18 bits per heavy atom. The summed E-state index contributed by atoms with van der Waals surface area (Å²) in [5.74, 6) is 0.913. The van der Waals surface area contributed by atoms with Gasteiger partial charge in [-0.25, -0.2) is 8.42 Å². The Bertz CT molecular complexity index is 430. The molecule has 0 aliphatic carbocycles. The number of nitrogens with zero attached hydrogens (tertiary/aromatic N) is 2. The fourth-order valence-electron chi connectivity index (χ4n) is 1.11. The molecular formula is C10H18N4O2S. The molecule has 0 radical (unpaired) electrons. The van der Waals surface area contributed by atoms with E-state index in [1.54, 1.807) is 19.1 Å². The smallest absolute Gasteiger partial charge is 0.233 e. The lowest BCUT2D eigenvalue weighted by Gasteiger charge is -2.06. The van der Waals surface area contributed by atoms with E-state index in [1.165, 1.54) is 0 Å². The van der Waals surface area contributed by atoms with Crippen LogP contribution in [0.2, 0.25) is 0 Å². The fourth-order valence-corrected chi connectivity index (χ4v) is 1.68. The molecule has 0 unspecified atom stereocenters. The van der Waals surface area contributed by atoms with E-state index in [1.807, 2.05) is 0 Å². The highest BCUT2D eigenvalue weighted by Gasteiger charge is 2.07. The van der Waals surface area contributed by atoms with Gasteiger partial charge >= 0.3 is 0 Å². The average molecular weight is 258 g/mol. The lowest BCUT2D eigenvalue weighted by atomic mass is 10.3. The Morgan fingerprint density at radius 3 is 2.35 bits per heavy atom. The highest BCUT2D eigenvalue weighted by atomic mass is 32.2. The summed E-state index contributed by atoms with van der Waals surface area (Å²) in [7, 11) is -3.28. The maximum absolute atomic E-state index is 11.3. The standard InChI is InChI=1S/C10H18N4O2S/c1-3-5-8-11-9-6-7-10(13-12-9)14-17(15,16)4-2/h6-7H,3-5,8H2,1-2H3,(H,11,12)(H,13,14). The van der Waals surface area contributed by atoms with Crippen LogP contribution < -0.4 is 10.0 Å². The zero-order valence-electron chi connectivity index (χ0n) is 10.1. The van der Waals surface area contributed by atoms with Gasteiger partial charge in [-0.1, -0.05) is 13.3 Å². The minimum absolute atomic E-state index is 0.0190. The summed E-state index contributed by atoms with van der Waals surface area (Å²) in [5.41, 5.74) is 0. The van der Waals surface area contributed by atoms with E-state index >= 15 is 0 Å². The predicted molar refractivity (Wildman–Crippen MR) is 68.5 cm³/mol. The summed E-state index contributed by atoms with van der Waals surface area (Å²) in [6.07, 6.45) is 2.17. The molecule has 0 spiro atoms. The van der Waals surface area contributed by atoms with Crippen LogP contribution in [0.4, 0.5) is 11.6 Å². The normalized spacial score (nSPS) is 11.2. The highest BCUT2D eigenvalue weighted by Crippen LogP contribution is 2.07. The van der Waals surface area contributed by atoms with Crippen LogP contribution in [0.25, 0.3) is 0 Å². The Morgan fingerprint density at radius 2 is 1.82 bits per heavy atom. The minimum Gasteiger partial charge on any atom is -0.369 e. The van der Waals surface area contributed by atoms with Crippen molar-refractivity contribution in [2.45, 2.75) is 26.7 Å². The molecule has 17 heavy (non-hydrogen) atoms. The highest BCUT2D eigenvalue weighted by molar-refractivity contribution is 7.92. The Kier molecular flexibility index (Phi) is 5.14. The Balaban J connectivity index is 2.56. The molecule has 0 saturated heterocycles. The summed E-state index contributed by atoms with van der Waals surface area (Å²) >= 11 is 0. The summed E-state index contributed by atoms with van der Waals surface area (Å²) in [4.78, 5) is 0. The van der Waals surface area contributed by atoms with Crippen LogP contribution in [0.5, 0.6) is 0 Å². The van der Waals surface area contributed by atoms with Crippen LogP contribution >= 0.6 is 0 Å². The zero-order chi connectivity index (χ0) is 12.7. The number of anilines is 2. The third-order valence-electron chi connectivity index (χ3n) is 2.14. The van der Waals surface area contributed by atoms with Crippen molar-refractivity contribution in [2.24, 2.45) is 0 Å². The fraction of sp³-hybridized carbons (Fsp3) is 0.600. The van der Waals surface area contributed by atoms with Crippen molar-refractivity contribution in [3.05, 3.63) is 12.1 Å². The Labute approximate surface area is 102 Å². The van der Waals surface area contributed by atoms with Gasteiger partial charge in [-0.05, 0) is 25.5 Å². The average Bonchev–Trinajstić information content (AvgIpc) is 2.31. The molecule has 0 saturated carbocycles. The minimum atomic E-state index is -3.28. The van der Waals surface area contributed by atoms with Crippen molar-refractivity contribution in [1.29, 1.82) is 0 Å². The van der Waals surface area contributed by atoms with Gasteiger partial charge in [-0.2, -0.15) is 0 Å². The van der Waals surface area contributed by atoms with Gasteiger partial charge in [0.05, 0.1) is 5.75 Å². The Hall–Kier alpha value is -1.37. The third-order valence-corrected chi connectivity index (χ3v) is 3.42. The van der Waals surface area contributed by atoms with E-state index in [4.69, 9.17) is 0 Å². The van der Waals surface area contributed by atoms with E-state index in [9.17, 15) is 8.42 Å². The van der Waals surface area contributed by atoms with Gasteiger partial charge in [-0.15, -0.1) is 10.2 Å². The van der Waals surface area contributed by atoms with E-state index in [-0.39, 0.29) is 11.6 Å². The molecule has 96 valence electrons. The predicted octanol–water partition coefficient (Wildman–Crippen LogP) is 1.45. The molecule has 0 aromatic carbocycles. The SMILES string of the molecule is CCCCNc1ccc(NS(=O)(=O)CC)nn1. The van der Waals surface area contributed by atoms with Gasteiger partial charge in [0.15, 0.2) is 5.82 Å². The first-order valence-corrected chi connectivity index (χ1v) is 7.30. The first kappa shape index (κ1) is 13.7. The number of nitrogens with one attached hydrogen (secondary N) is 2. The summed E-state index contributed by atoms with van der Waals surface area (Å²) < 4.78 is 24.9. The van der Waals surface area contributed by atoms with Gasteiger partial charge in [-0.3, -0.25) is 4.72 Å². The van der Waals surface area contributed by atoms with Gasteiger partial charge in [0.1, 0.15) is 5.82 Å². The molecule has 0 fully saturated rings. The van der Waals surface area contributed by atoms with Crippen LogP contribution in [0, 0.1) is 0 Å². The van der Waals surface area contributed by atoms with Crippen LogP contribution in [0.3, 0.4) is 0 Å². The molecule has 0 aliphatic rings. The third kappa shape index (κ3) is 4.99. The summed E-state index contributed by atoms with van der Waals surface area (Å²) in [6.45, 7) is 4.51. The molecule has 2 N–H and O–H groups in total. The first-order valence-electron chi connectivity index (χ1n) is 5.65.